The van der Waals surface area contributed by atoms with Crippen LogP contribution in [0.1, 0.15) is 33.4 Å². The van der Waals surface area contributed by atoms with E-state index in [-0.39, 0.29) is 0 Å². The van der Waals surface area contributed by atoms with Crippen LogP contribution in [0.4, 0.5) is 0 Å². The van der Waals surface area contributed by atoms with Crippen molar-refractivity contribution in [1.82, 2.24) is 0 Å². The second-order valence-corrected chi connectivity index (χ2v) is 24.5. The van der Waals surface area contributed by atoms with Gasteiger partial charge < -0.3 is 5.41 Å². The Morgan fingerprint density at radius 1 is 0.369 bits per heavy atom. The lowest BCUT2D eigenvalue weighted by atomic mass is 10.0. The summed E-state index contributed by atoms with van der Waals surface area (Å²) in [5, 5.41) is 20.3. The molecule has 1 N–H and O–H groups in total. The van der Waals surface area contributed by atoms with E-state index in [0.29, 0.717) is 5.71 Å². The molecule has 65 heavy (non-hydrogen) atoms. The van der Waals surface area contributed by atoms with E-state index in [1.165, 1.54) is 58.2 Å². The molecule has 0 spiro atoms. The largest absolute Gasteiger partial charge is 0.300 e. The van der Waals surface area contributed by atoms with Crippen molar-refractivity contribution < 1.29 is 0 Å². The minimum absolute atomic E-state index is 0.400. The summed E-state index contributed by atoms with van der Waals surface area (Å²) in [6, 6.07) is 88.1. The highest BCUT2D eigenvalue weighted by molar-refractivity contribution is 7.20. The molecular weight excluding hydrogens is 817 g/mol. The van der Waals surface area contributed by atoms with Crippen molar-refractivity contribution in [2.24, 2.45) is 4.99 Å². The van der Waals surface area contributed by atoms with Gasteiger partial charge in [-0.05, 0) is 90.6 Å². The van der Waals surface area contributed by atoms with E-state index in [1.807, 2.05) is 12.3 Å². The number of allylic oxidation sites excluding steroid dienone is 1. The summed E-state index contributed by atoms with van der Waals surface area (Å²) < 4.78 is 0. The van der Waals surface area contributed by atoms with Gasteiger partial charge in [0.1, 0.15) is 0 Å². The molecule has 314 valence electrons. The molecule has 0 saturated heterocycles. The molecule has 0 aliphatic carbocycles. The Bertz CT molecular complexity index is 2890. The zero-order valence-electron chi connectivity index (χ0n) is 37.2. The van der Waals surface area contributed by atoms with E-state index in [4.69, 9.17) is 4.99 Å². The third-order valence-electron chi connectivity index (χ3n) is 12.8. The zero-order valence-corrected chi connectivity index (χ0v) is 39.2. The van der Waals surface area contributed by atoms with Crippen LogP contribution in [0.5, 0.6) is 0 Å². The van der Waals surface area contributed by atoms with Crippen LogP contribution in [-0.4, -0.2) is 28.1 Å². The molecule has 9 aromatic rings. The van der Waals surface area contributed by atoms with E-state index in [1.54, 1.807) is 0 Å². The Labute approximate surface area is 386 Å². The second-order valence-electron chi connectivity index (χ2n) is 16.9. The molecule has 0 aromatic heterocycles. The van der Waals surface area contributed by atoms with Gasteiger partial charge in [0.25, 0.3) is 0 Å². The Hall–Kier alpha value is -7.51. The summed E-state index contributed by atoms with van der Waals surface area (Å²) in [6.07, 6.45) is 3.97. The molecule has 0 heterocycles. The third-order valence-corrected chi connectivity index (χ3v) is 22.3. The van der Waals surface area contributed by atoms with Gasteiger partial charge in [-0.1, -0.05) is 248 Å². The number of benzene rings is 9. The molecule has 9 aromatic carbocycles. The Morgan fingerprint density at radius 2 is 0.677 bits per heavy atom. The van der Waals surface area contributed by atoms with Crippen molar-refractivity contribution in [3.8, 4) is 0 Å². The number of rotatable bonds is 13. The normalized spacial score (nSPS) is 12.0. The number of nitrogens with one attached hydrogen (secondary N) is 1. The van der Waals surface area contributed by atoms with Gasteiger partial charge in [-0.15, -0.1) is 0 Å². The van der Waals surface area contributed by atoms with E-state index in [9.17, 15) is 5.41 Å². The van der Waals surface area contributed by atoms with Gasteiger partial charge in [0, 0.05) is 11.8 Å². The van der Waals surface area contributed by atoms with Crippen LogP contribution in [0, 0.1) is 26.2 Å². The fraction of sp³-hybridized carbons (Fsp3) is 0.0492. The average Bonchev–Trinajstić information content (AvgIpc) is 3.36. The van der Waals surface area contributed by atoms with Crippen molar-refractivity contribution >= 4 is 75.3 Å². The molecule has 0 bridgehead atoms. The monoisotopic (exact) mass is 868 g/mol. The molecule has 0 amide bonds. The highest BCUT2D eigenvalue weighted by atomic mass is 28.3. The van der Waals surface area contributed by atoms with Gasteiger partial charge in [-0.25, -0.2) is 0 Å². The quantitative estimate of drug-likeness (QED) is 0.0684. The van der Waals surface area contributed by atoms with Gasteiger partial charge in [0.05, 0.1) is 11.4 Å². The van der Waals surface area contributed by atoms with E-state index in [0.717, 1.165) is 22.4 Å². The van der Waals surface area contributed by atoms with Crippen molar-refractivity contribution in [1.29, 1.82) is 5.41 Å². The standard InChI is InChI=1S/C61H52N2Si2/c1-46-40-47(2)59(48(3)41-46)45-63-61(50-25-23-39-58(43-50)65(54-32-16-7-17-33-54,55-34-18-8-19-35-55)56-36-20-9-21-37-56)44-60(62)49-24-22-38-57(42-49)64(51-26-10-4-11-27-51,52-28-12-5-13-29-52)53-30-14-6-15-31-53/h4-45,62H,1-3H3/b61-44-,62-60?,63-45?. The Kier molecular flexibility index (Phi) is 12.6. The van der Waals surface area contributed by atoms with Crippen molar-refractivity contribution in [3.63, 3.8) is 0 Å². The molecule has 0 aliphatic rings. The molecule has 0 fully saturated rings. The summed E-state index contributed by atoms with van der Waals surface area (Å²) >= 11 is 0. The lowest BCUT2D eigenvalue weighted by Gasteiger charge is -2.34. The molecule has 0 atom stereocenters. The smallest absolute Gasteiger partial charge is 0.179 e. The average molecular weight is 869 g/mol. The predicted octanol–water partition coefficient (Wildman–Crippen LogP) is 8.89. The summed E-state index contributed by atoms with van der Waals surface area (Å²) in [6.45, 7) is 6.45. The molecule has 9 rings (SSSR count). The van der Waals surface area contributed by atoms with Gasteiger partial charge in [-0.2, -0.15) is 0 Å². The maximum atomic E-state index is 9.97. The minimum Gasteiger partial charge on any atom is -0.300 e. The lowest BCUT2D eigenvalue weighted by Crippen LogP contribution is -2.74. The topological polar surface area (TPSA) is 36.2 Å². The summed E-state index contributed by atoms with van der Waals surface area (Å²) in [5.74, 6) is 0. The number of hydrogen-bond donors (Lipinski definition) is 1. The SMILES string of the molecule is Cc1cc(C)c(C=N/C(=C\C(=N)c2cccc([Si](c3ccccc3)(c3ccccc3)c3ccccc3)c2)c2cccc([Si](c3ccccc3)(c3ccccc3)c3ccccc3)c2)c(C)c1. The predicted molar refractivity (Wildman–Crippen MR) is 283 cm³/mol. The molecular formula is C61H52N2Si2. The van der Waals surface area contributed by atoms with Gasteiger partial charge in [-0.3, -0.25) is 4.99 Å². The van der Waals surface area contributed by atoms with Crippen LogP contribution in [0.2, 0.25) is 0 Å². The van der Waals surface area contributed by atoms with Gasteiger partial charge >= 0.3 is 0 Å². The number of aliphatic imine (C=N–C) groups is 1. The fourth-order valence-corrected chi connectivity index (χ4v) is 19.5. The van der Waals surface area contributed by atoms with E-state index >= 15 is 0 Å². The highest BCUT2D eigenvalue weighted by Crippen LogP contribution is 2.22. The van der Waals surface area contributed by atoms with Gasteiger partial charge in [0.2, 0.25) is 0 Å². The number of aryl methyl sites for hydroxylation is 3. The van der Waals surface area contributed by atoms with Gasteiger partial charge in [0.15, 0.2) is 16.1 Å². The van der Waals surface area contributed by atoms with Crippen molar-refractivity contribution in [3.05, 3.63) is 282 Å². The molecule has 0 radical (unpaired) electrons. The third kappa shape index (κ3) is 8.38. The maximum absolute atomic E-state index is 9.97. The molecule has 0 unspecified atom stereocenters. The summed E-state index contributed by atoms with van der Waals surface area (Å²) in [5.41, 5.74) is 7.61. The van der Waals surface area contributed by atoms with Crippen LogP contribution >= 0.6 is 0 Å². The van der Waals surface area contributed by atoms with Crippen molar-refractivity contribution in [2.75, 3.05) is 0 Å². The maximum Gasteiger partial charge on any atom is 0.179 e. The van der Waals surface area contributed by atoms with Crippen molar-refractivity contribution in [2.45, 2.75) is 20.8 Å². The van der Waals surface area contributed by atoms with Crippen LogP contribution < -0.4 is 41.5 Å². The Morgan fingerprint density at radius 3 is 1.03 bits per heavy atom. The van der Waals surface area contributed by atoms with Crippen LogP contribution in [-0.2, 0) is 0 Å². The minimum atomic E-state index is -2.85. The van der Waals surface area contributed by atoms with E-state index in [2.05, 4.69) is 263 Å². The van der Waals surface area contributed by atoms with Crippen LogP contribution in [0.3, 0.4) is 0 Å². The first-order valence-corrected chi connectivity index (χ1v) is 26.4. The fourth-order valence-electron chi connectivity index (χ4n) is 9.90. The summed E-state index contributed by atoms with van der Waals surface area (Å²) in [4.78, 5) is 5.36. The first kappa shape index (κ1) is 42.8. The first-order chi connectivity index (χ1) is 31.9. The molecule has 4 heteroatoms. The number of hydrogen-bond acceptors (Lipinski definition) is 2. The molecule has 0 aliphatic heterocycles. The highest BCUT2D eigenvalue weighted by Gasteiger charge is 2.42. The van der Waals surface area contributed by atoms with E-state index < -0.39 is 16.1 Å². The molecule has 0 saturated carbocycles. The summed E-state index contributed by atoms with van der Waals surface area (Å²) in [7, 11) is -5.67. The molecule has 2 nitrogen and oxygen atoms in total. The Balaban J connectivity index is 1.25. The zero-order chi connectivity index (χ0) is 44.6. The first-order valence-electron chi connectivity index (χ1n) is 22.4. The second kappa shape index (κ2) is 19.1. The van der Waals surface area contributed by atoms with Crippen LogP contribution in [0.15, 0.2) is 254 Å². The van der Waals surface area contributed by atoms with Crippen LogP contribution in [0.25, 0.3) is 5.70 Å². The lowest BCUT2D eigenvalue weighted by molar-refractivity contribution is 1.30. The number of nitrogens with zero attached hydrogens (tertiary/aromatic N) is 1.